The number of hydrogen-bond acceptors (Lipinski definition) is 4. The molecule has 1 saturated carbocycles. The first-order valence-corrected chi connectivity index (χ1v) is 14.7. The van der Waals surface area contributed by atoms with Gasteiger partial charge in [0.05, 0.1) is 6.42 Å². The van der Waals surface area contributed by atoms with Crippen molar-refractivity contribution in [1.29, 1.82) is 0 Å². The van der Waals surface area contributed by atoms with Crippen LogP contribution in [0.2, 0.25) is 0 Å². The first-order chi connectivity index (χ1) is 20.4. The zero-order chi connectivity index (χ0) is 29.5. The van der Waals surface area contributed by atoms with Crippen LogP contribution in [0.25, 0.3) is 0 Å². The summed E-state index contributed by atoms with van der Waals surface area (Å²) in [4.78, 5) is 54.5. The first-order valence-electron chi connectivity index (χ1n) is 14.7. The Kier molecular flexibility index (Phi) is 9.31. The van der Waals surface area contributed by atoms with E-state index in [0.29, 0.717) is 55.3 Å². The molecule has 4 amide bonds. The Balaban J connectivity index is 1.06. The van der Waals surface area contributed by atoms with Gasteiger partial charge in [0.2, 0.25) is 17.7 Å². The summed E-state index contributed by atoms with van der Waals surface area (Å²) in [6.07, 6.45) is 4.72. The molecule has 42 heavy (non-hydrogen) atoms. The number of nitrogens with zero attached hydrogens (tertiary/aromatic N) is 2. The van der Waals surface area contributed by atoms with E-state index in [1.54, 1.807) is 29.2 Å². The van der Waals surface area contributed by atoms with E-state index in [9.17, 15) is 19.2 Å². The van der Waals surface area contributed by atoms with Gasteiger partial charge in [-0.15, -0.1) is 0 Å². The highest BCUT2D eigenvalue weighted by Gasteiger charge is 2.30. The van der Waals surface area contributed by atoms with Crippen LogP contribution >= 0.6 is 0 Å². The minimum atomic E-state index is -0.183. The fourth-order valence-corrected chi connectivity index (χ4v) is 5.37. The van der Waals surface area contributed by atoms with Crippen LogP contribution in [0, 0.1) is 5.92 Å². The van der Waals surface area contributed by atoms with Gasteiger partial charge in [0.1, 0.15) is 0 Å². The highest BCUT2D eigenvalue weighted by Crippen LogP contribution is 2.27. The number of aryl methyl sites for hydroxylation is 1. The van der Waals surface area contributed by atoms with Crippen LogP contribution in [-0.4, -0.2) is 59.6 Å². The van der Waals surface area contributed by atoms with E-state index in [-0.39, 0.29) is 36.0 Å². The molecule has 1 aliphatic heterocycles. The number of hydrogen-bond donors (Lipinski definition) is 2. The largest absolute Gasteiger partial charge is 0.343 e. The molecule has 1 saturated heterocycles. The minimum absolute atomic E-state index is 0.00730. The molecular weight excluding hydrogens is 528 g/mol. The average molecular weight is 567 g/mol. The van der Waals surface area contributed by atoms with Crippen molar-refractivity contribution in [2.75, 3.05) is 30.8 Å². The number of piperidine rings is 1. The van der Waals surface area contributed by atoms with Crippen molar-refractivity contribution in [3.8, 4) is 0 Å². The monoisotopic (exact) mass is 566 g/mol. The molecule has 3 aromatic carbocycles. The summed E-state index contributed by atoms with van der Waals surface area (Å²) in [6, 6.07) is 24.6. The van der Waals surface area contributed by atoms with Gasteiger partial charge in [-0.2, -0.15) is 0 Å². The van der Waals surface area contributed by atoms with E-state index in [0.717, 1.165) is 30.4 Å². The number of carbonyl (C=O) groups is 4. The van der Waals surface area contributed by atoms with Gasteiger partial charge in [0, 0.05) is 55.5 Å². The Bertz CT molecular complexity index is 1410. The van der Waals surface area contributed by atoms with Crippen LogP contribution in [-0.2, 0) is 27.2 Å². The summed E-state index contributed by atoms with van der Waals surface area (Å²) in [5.74, 6) is -0.276. The smallest absolute Gasteiger partial charge is 0.253 e. The lowest BCUT2D eigenvalue weighted by molar-refractivity contribution is -0.134. The Morgan fingerprint density at radius 1 is 0.786 bits per heavy atom. The molecule has 5 rings (SSSR count). The second-order valence-electron chi connectivity index (χ2n) is 11.3. The lowest BCUT2D eigenvalue weighted by atomic mass is 9.95. The fourth-order valence-electron chi connectivity index (χ4n) is 5.37. The van der Waals surface area contributed by atoms with E-state index in [4.69, 9.17) is 0 Å². The van der Waals surface area contributed by atoms with Crippen molar-refractivity contribution < 1.29 is 19.2 Å². The molecule has 0 radical (unpaired) electrons. The normalized spacial score (nSPS) is 15.1. The maximum absolute atomic E-state index is 13.0. The second-order valence-corrected chi connectivity index (χ2v) is 11.3. The summed E-state index contributed by atoms with van der Waals surface area (Å²) in [6.45, 7) is 1.16. The Hall–Kier alpha value is -4.46. The van der Waals surface area contributed by atoms with Gasteiger partial charge in [-0.1, -0.05) is 42.5 Å². The van der Waals surface area contributed by atoms with Crippen LogP contribution in [0.5, 0.6) is 0 Å². The summed E-state index contributed by atoms with van der Waals surface area (Å²) < 4.78 is 0. The average Bonchev–Trinajstić information content (AvgIpc) is 3.86. The maximum atomic E-state index is 13.0. The highest BCUT2D eigenvalue weighted by molar-refractivity contribution is 5.97. The molecule has 2 N–H and O–H groups in total. The third-order valence-electron chi connectivity index (χ3n) is 8.08. The van der Waals surface area contributed by atoms with Crippen molar-refractivity contribution in [3.63, 3.8) is 0 Å². The van der Waals surface area contributed by atoms with Gasteiger partial charge in [-0.3, -0.25) is 19.2 Å². The second kappa shape index (κ2) is 13.5. The van der Waals surface area contributed by atoms with E-state index in [1.807, 2.05) is 66.5 Å². The van der Waals surface area contributed by atoms with Crippen molar-refractivity contribution in [1.82, 2.24) is 9.80 Å². The van der Waals surface area contributed by atoms with E-state index >= 15 is 0 Å². The van der Waals surface area contributed by atoms with Crippen LogP contribution < -0.4 is 10.6 Å². The summed E-state index contributed by atoms with van der Waals surface area (Å²) >= 11 is 0. The summed E-state index contributed by atoms with van der Waals surface area (Å²) in [7, 11) is 1.83. The lowest BCUT2D eigenvalue weighted by Crippen LogP contribution is -2.41. The number of likely N-dealkylation sites (tertiary alicyclic amines) is 1. The number of carbonyl (C=O) groups excluding carboxylic acids is 4. The minimum Gasteiger partial charge on any atom is -0.343 e. The van der Waals surface area contributed by atoms with E-state index in [1.165, 1.54) is 0 Å². The van der Waals surface area contributed by atoms with E-state index < -0.39 is 0 Å². The van der Waals surface area contributed by atoms with Crippen molar-refractivity contribution >= 4 is 35.0 Å². The Morgan fingerprint density at radius 3 is 2.17 bits per heavy atom. The lowest BCUT2D eigenvalue weighted by Gasteiger charge is -2.31. The molecule has 8 nitrogen and oxygen atoms in total. The number of anilines is 2. The summed E-state index contributed by atoms with van der Waals surface area (Å²) in [5, 5.41) is 5.87. The van der Waals surface area contributed by atoms with Crippen molar-refractivity contribution in [2.45, 2.75) is 51.0 Å². The standard InChI is InChI=1S/C34H38N4O4/c1-37(30-15-16-30)34(42)27-11-13-28(14-12-27)35-31(39)23-25-8-5-9-29(22-25)36-33(41)26-18-20-38(21-19-26)32(40)17-10-24-6-3-2-4-7-24/h2-9,11-14,22,26,30H,10,15-21,23H2,1H3,(H,35,39)(H,36,41). The molecule has 2 fully saturated rings. The molecule has 8 heteroatoms. The number of nitrogens with one attached hydrogen (secondary N) is 2. The fraction of sp³-hybridized carbons (Fsp3) is 0.353. The van der Waals surface area contributed by atoms with E-state index in [2.05, 4.69) is 10.6 Å². The van der Waals surface area contributed by atoms with Gasteiger partial charge >= 0.3 is 0 Å². The number of amides is 4. The Labute approximate surface area is 247 Å². The van der Waals surface area contributed by atoms with Gasteiger partial charge < -0.3 is 20.4 Å². The molecule has 1 heterocycles. The maximum Gasteiger partial charge on any atom is 0.253 e. The van der Waals surface area contributed by atoms with Crippen LogP contribution in [0.1, 0.15) is 53.6 Å². The molecule has 1 aliphatic carbocycles. The SMILES string of the molecule is CN(C(=O)c1ccc(NC(=O)Cc2cccc(NC(=O)C3CCN(C(=O)CCc4ccccc4)CC3)c2)cc1)C1CC1. The molecule has 218 valence electrons. The van der Waals surface area contributed by atoms with Crippen LogP contribution in [0.15, 0.2) is 78.9 Å². The molecule has 0 aromatic heterocycles. The number of benzene rings is 3. The predicted molar refractivity (Wildman–Crippen MR) is 163 cm³/mol. The quantitative estimate of drug-likeness (QED) is 0.364. The molecular formula is C34H38N4O4. The zero-order valence-electron chi connectivity index (χ0n) is 24.1. The van der Waals surface area contributed by atoms with Crippen LogP contribution in [0.4, 0.5) is 11.4 Å². The van der Waals surface area contributed by atoms with Gasteiger partial charge in [0.15, 0.2) is 0 Å². The first kappa shape index (κ1) is 29.0. The third-order valence-corrected chi connectivity index (χ3v) is 8.08. The Morgan fingerprint density at radius 2 is 1.48 bits per heavy atom. The third kappa shape index (κ3) is 7.84. The number of rotatable bonds is 10. The molecule has 0 spiro atoms. The topological polar surface area (TPSA) is 98.8 Å². The van der Waals surface area contributed by atoms with Gasteiger partial charge in [-0.05, 0) is 79.6 Å². The molecule has 0 atom stereocenters. The highest BCUT2D eigenvalue weighted by atomic mass is 16.2. The molecule has 2 aliphatic rings. The molecule has 0 bridgehead atoms. The zero-order valence-corrected chi connectivity index (χ0v) is 24.1. The van der Waals surface area contributed by atoms with Crippen molar-refractivity contribution in [3.05, 3.63) is 95.6 Å². The van der Waals surface area contributed by atoms with Crippen LogP contribution in [0.3, 0.4) is 0 Å². The predicted octanol–water partition coefficient (Wildman–Crippen LogP) is 4.91. The van der Waals surface area contributed by atoms with Crippen molar-refractivity contribution in [2.24, 2.45) is 5.92 Å². The van der Waals surface area contributed by atoms with Gasteiger partial charge in [-0.25, -0.2) is 0 Å². The molecule has 3 aromatic rings. The van der Waals surface area contributed by atoms with Gasteiger partial charge in [0.25, 0.3) is 5.91 Å². The molecule has 0 unspecified atom stereocenters. The summed E-state index contributed by atoms with van der Waals surface area (Å²) in [5.41, 5.74) is 3.81.